The van der Waals surface area contributed by atoms with Crippen LogP contribution >= 0.6 is 0 Å². The van der Waals surface area contributed by atoms with E-state index in [9.17, 15) is 14.4 Å². The van der Waals surface area contributed by atoms with Gasteiger partial charge in [-0.15, -0.1) is 0 Å². The zero-order chi connectivity index (χ0) is 10.6. The quantitative estimate of drug-likeness (QED) is 0.506. The number of Topliss-reactive ketones (excluding diaryl/α,β-unsaturated/α-hetero) is 1. The number of ketones is 1. The van der Waals surface area contributed by atoms with Gasteiger partial charge < -0.3 is 9.47 Å². The largest absolute Gasteiger partial charge is 0.465 e. The second-order valence-electron chi connectivity index (χ2n) is 4.35. The molecule has 0 amide bonds. The van der Waals surface area contributed by atoms with Gasteiger partial charge in [0, 0.05) is 12.3 Å². The van der Waals surface area contributed by atoms with Crippen LogP contribution < -0.4 is 0 Å². The summed E-state index contributed by atoms with van der Waals surface area (Å²) >= 11 is 0. The van der Waals surface area contributed by atoms with Crippen molar-refractivity contribution in [1.82, 2.24) is 0 Å². The molecule has 2 saturated heterocycles. The van der Waals surface area contributed by atoms with Crippen molar-refractivity contribution in [2.75, 3.05) is 13.2 Å². The van der Waals surface area contributed by atoms with E-state index >= 15 is 0 Å². The smallest absolute Gasteiger partial charge is 0.310 e. The predicted octanol–water partition coefficient (Wildman–Crippen LogP) is -0.462. The van der Waals surface area contributed by atoms with E-state index in [0.717, 1.165) is 0 Å². The molecule has 3 aliphatic rings. The molecule has 0 radical (unpaired) electrons. The van der Waals surface area contributed by atoms with E-state index in [1.807, 2.05) is 0 Å². The van der Waals surface area contributed by atoms with Gasteiger partial charge in [0.1, 0.15) is 12.4 Å². The van der Waals surface area contributed by atoms with Crippen molar-refractivity contribution < 1.29 is 23.9 Å². The topological polar surface area (TPSA) is 69.7 Å². The lowest BCUT2D eigenvalue weighted by Crippen LogP contribution is -2.42. The molecule has 1 aliphatic carbocycles. The maximum absolute atomic E-state index is 11.7. The molecule has 0 aromatic rings. The van der Waals surface area contributed by atoms with Crippen molar-refractivity contribution in [2.24, 2.45) is 23.7 Å². The summed E-state index contributed by atoms with van der Waals surface area (Å²) in [7, 11) is 0. The average Bonchev–Trinajstić information content (AvgIpc) is 2.72. The molecule has 5 heteroatoms. The molecule has 4 atom stereocenters. The third-order valence-electron chi connectivity index (χ3n) is 3.59. The molecular formula is C10H10O5. The molecule has 0 spiro atoms. The first-order valence-electron chi connectivity index (χ1n) is 5.04. The monoisotopic (exact) mass is 210 g/mol. The van der Waals surface area contributed by atoms with Crippen LogP contribution in [0, 0.1) is 23.7 Å². The van der Waals surface area contributed by atoms with E-state index in [1.165, 1.54) is 0 Å². The van der Waals surface area contributed by atoms with E-state index in [4.69, 9.17) is 9.47 Å². The zero-order valence-corrected chi connectivity index (χ0v) is 7.97. The standard InChI is InChI=1S/C10H10O5/c11-6-1-4-2-14-9(12)7(4)8-5(6)3-15-10(8)13/h4-5,7-8H,1-3H2. The highest BCUT2D eigenvalue weighted by Crippen LogP contribution is 2.44. The third-order valence-corrected chi connectivity index (χ3v) is 3.59. The second-order valence-corrected chi connectivity index (χ2v) is 4.35. The minimum absolute atomic E-state index is 0.0328. The molecule has 0 N–H and O–H groups in total. The fourth-order valence-corrected chi connectivity index (χ4v) is 2.84. The molecule has 3 fully saturated rings. The van der Waals surface area contributed by atoms with Crippen LogP contribution in [0.25, 0.3) is 0 Å². The molecule has 5 nitrogen and oxygen atoms in total. The number of rotatable bonds is 0. The minimum Gasteiger partial charge on any atom is -0.465 e. The Labute approximate surface area is 85.7 Å². The lowest BCUT2D eigenvalue weighted by molar-refractivity contribution is -0.151. The van der Waals surface area contributed by atoms with Gasteiger partial charge in [0.2, 0.25) is 0 Å². The van der Waals surface area contributed by atoms with Gasteiger partial charge in [0.05, 0.1) is 24.4 Å². The summed E-state index contributed by atoms with van der Waals surface area (Å²) in [5, 5.41) is 0. The number of fused-ring (bicyclic) bond motifs is 3. The molecule has 2 aliphatic heterocycles. The first-order chi connectivity index (χ1) is 7.18. The predicted molar refractivity (Wildman–Crippen MR) is 45.5 cm³/mol. The minimum atomic E-state index is -0.578. The van der Waals surface area contributed by atoms with Gasteiger partial charge in [-0.2, -0.15) is 0 Å². The molecule has 0 bridgehead atoms. The summed E-state index contributed by atoms with van der Waals surface area (Å²) < 4.78 is 9.77. The summed E-state index contributed by atoms with van der Waals surface area (Å²) in [4.78, 5) is 34.6. The zero-order valence-electron chi connectivity index (χ0n) is 7.97. The van der Waals surface area contributed by atoms with Crippen molar-refractivity contribution >= 4 is 17.7 Å². The highest BCUT2D eigenvalue weighted by Gasteiger charge is 2.58. The van der Waals surface area contributed by atoms with Crippen molar-refractivity contribution in [2.45, 2.75) is 6.42 Å². The summed E-state index contributed by atoms with van der Waals surface area (Å²) in [5.74, 6) is -2.27. The van der Waals surface area contributed by atoms with Gasteiger partial charge in [-0.25, -0.2) is 0 Å². The Morgan fingerprint density at radius 3 is 2.40 bits per heavy atom. The molecule has 80 valence electrons. The van der Waals surface area contributed by atoms with Crippen molar-refractivity contribution in [3.05, 3.63) is 0 Å². The van der Waals surface area contributed by atoms with Crippen LogP contribution in [-0.4, -0.2) is 30.9 Å². The third kappa shape index (κ3) is 1.06. The Kier molecular flexibility index (Phi) is 1.66. The lowest BCUT2D eigenvalue weighted by Gasteiger charge is -2.27. The number of carbonyl (C=O) groups excluding carboxylic acids is 3. The van der Waals surface area contributed by atoms with Crippen LogP contribution in [-0.2, 0) is 23.9 Å². The molecule has 3 rings (SSSR count). The second kappa shape index (κ2) is 2.81. The van der Waals surface area contributed by atoms with Crippen LogP contribution in [0.15, 0.2) is 0 Å². The van der Waals surface area contributed by atoms with E-state index in [-0.39, 0.29) is 30.9 Å². The van der Waals surface area contributed by atoms with Crippen LogP contribution in [0.3, 0.4) is 0 Å². The van der Waals surface area contributed by atoms with Gasteiger partial charge in [0.25, 0.3) is 0 Å². The first kappa shape index (κ1) is 8.88. The summed E-state index contributed by atoms with van der Waals surface area (Å²) in [6.07, 6.45) is 0.341. The Hall–Kier alpha value is -1.39. The van der Waals surface area contributed by atoms with Crippen LogP contribution in [0.4, 0.5) is 0 Å². The molecule has 1 saturated carbocycles. The van der Waals surface area contributed by atoms with Crippen LogP contribution in [0.2, 0.25) is 0 Å². The molecule has 4 unspecified atom stereocenters. The van der Waals surface area contributed by atoms with E-state index in [0.29, 0.717) is 6.42 Å². The average molecular weight is 210 g/mol. The van der Waals surface area contributed by atoms with Crippen molar-refractivity contribution in [3.8, 4) is 0 Å². The fraction of sp³-hybridized carbons (Fsp3) is 0.700. The van der Waals surface area contributed by atoms with E-state index < -0.39 is 23.7 Å². The number of ether oxygens (including phenoxy) is 2. The Balaban J connectivity index is 2.00. The van der Waals surface area contributed by atoms with Crippen LogP contribution in [0.1, 0.15) is 6.42 Å². The van der Waals surface area contributed by atoms with E-state index in [1.54, 1.807) is 0 Å². The number of esters is 2. The van der Waals surface area contributed by atoms with Gasteiger partial charge in [-0.05, 0) is 0 Å². The lowest BCUT2D eigenvalue weighted by atomic mass is 9.68. The van der Waals surface area contributed by atoms with Gasteiger partial charge in [-0.3, -0.25) is 14.4 Å². The van der Waals surface area contributed by atoms with Gasteiger partial charge >= 0.3 is 11.9 Å². The molecule has 2 heterocycles. The Bertz CT molecular complexity index is 361. The highest BCUT2D eigenvalue weighted by molar-refractivity contribution is 5.95. The van der Waals surface area contributed by atoms with Crippen molar-refractivity contribution in [3.63, 3.8) is 0 Å². The maximum atomic E-state index is 11.7. The molecule has 15 heavy (non-hydrogen) atoms. The number of hydrogen-bond donors (Lipinski definition) is 0. The van der Waals surface area contributed by atoms with Gasteiger partial charge in [-0.1, -0.05) is 0 Å². The molecule has 0 aromatic heterocycles. The number of carbonyl (C=O) groups is 3. The summed E-state index contributed by atoms with van der Waals surface area (Å²) in [6, 6.07) is 0. The Morgan fingerprint density at radius 2 is 1.60 bits per heavy atom. The number of cyclic esters (lactones) is 2. The van der Waals surface area contributed by atoms with Crippen molar-refractivity contribution in [1.29, 1.82) is 0 Å². The highest BCUT2D eigenvalue weighted by atomic mass is 16.5. The molecule has 0 aromatic carbocycles. The SMILES string of the molecule is O=C1CC2COC(=O)C2C2C(=O)OCC12. The Morgan fingerprint density at radius 1 is 0.933 bits per heavy atom. The fourth-order valence-electron chi connectivity index (χ4n) is 2.84. The molecular weight excluding hydrogens is 200 g/mol. The summed E-state index contributed by atoms with van der Waals surface area (Å²) in [5.41, 5.74) is 0. The number of hydrogen-bond acceptors (Lipinski definition) is 5. The van der Waals surface area contributed by atoms with Crippen LogP contribution in [0.5, 0.6) is 0 Å². The summed E-state index contributed by atoms with van der Waals surface area (Å²) in [6.45, 7) is 0.407. The normalized spacial score (nSPS) is 43.3. The maximum Gasteiger partial charge on any atom is 0.310 e. The van der Waals surface area contributed by atoms with E-state index in [2.05, 4.69) is 0 Å². The van der Waals surface area contributed by atoms with Gasteiger partial charge in [0.15, 0.2) is 0 Å². The first-order valence-corrected chi connectivity index (χ1v) is 5.04.